The van der Waals surface area contributed by atoms with Gasteiger partial charge in [-0.1, -0.05) is 24.3 Å². The van der Waals surface area contributed by atoms with Crippen molar-refractivity contribution >= 4 is 10.8 Å². The van der Waals surface area contributed by atoms with Crippen LogP contribution in [0.2, 0.25) is 0 Å². The van der Waals surface area contributed by atoms with Gasteiger partial charge in [0, 0.05) is 22.9 Å². The minimum absolute atomic E-state index is 0.120. The van der Waals surface area contributed by atoms with Crippen LogP contribution in [0, 0.1) is 5.82 Å². The molecular formula is C12H10FN. The normalized spacial score (nSPS) is 16.1. The van der Waals surface area contributed by atoms with E-state index in [0.717, 1.165) is 18.2 Å². The number of benzene rings is 1. The fourth-order valence-electron chi connectivity index (χ4n) is 1.78. The van der Waals surface area contributed by atoms with Gasteiger partial charge in [-0.05, 0) is 12.8 Å². The third kappa shape index (κ3) is 1.10. The molecule has 0 aliphatic heterocycles. The highest BCUT2D eigenvalue weighted by Crippen LogP contribution is 2.41. The van der Waals surface area contributed by atoms with Crippen LogP contribution >= 0.6 is 0 Å². The Morgan fingerprint density at radius 3 is 2.79 bits per heavy atom. The monoisotopic (exact) mass is 187 g/mol. The number of rotatable bonds is 1. The molecule has 70 valence electrons. The highest BCUT2D eigenvalue weighted by atomic mass is 19.1. The van der Waals surface area contributed by atoms with Gasteiger partial charge in [0.15, 0.2) is 5.82 Å². The third-order valence-corrected chi connectivity index (χ3v) is 2.73. The van der Waals surface area contributed by atoms with E-state index in [-0.39, 0.29) is 5.82 Å². The van der Waals surface area contributed by atoms with E-state index in [1.54, 1.807) is 6.20 Å². The molecule has 1 aromatic carbocycles. The van der Waals surface area contributed by atoms with Crippen molar-refractivity contribution in [2.45, 2.75) is 18.8 Å². The summed E-state index contributed by atoms with van der Waals surface area (Å²) in [6.07, 6.45) is 3.94. The summed E-state index contributed by atoms with van der Waals surface area (Å²) in [5.74, 6) is 0.255. The minimum Gasteiger partial charge on any atom is -0.257 e. The maximum Gasteiger partial charge on any atom is 0.152 e. The molecule has 0 atom stereocenters. The molecule has 1 saturated carbocycles. The van der Waals surface area contributed by atoms with Crippen molar-refractivity contribution in [2.75, 3.05) is 0 Å². The molecule has 1 heterocycles. The Bertz CT molecular complexity index is 489. The Labute approximate surface area is 81.6 Å². The van der Waals surface area contributed by atoms with Gasteiger partial charge in [0.25, 0.3) is 0 Å². The summed E-state index contributed by atoms with van der Waals surface area (Å²) in [5, 5.41) is 1.58. The smallest absolute Gasteiger partial charge is 0.152 e. The molecule has 0 saturated heterocycles. The summed E-state index contributed by atoms with van der Waals surface area (Å²) in [5.41, 5.74) is 0.656. The first-order valence-corrected chi connectivity index (χ1v) is 4.89. The molecule has 1 aliphatic rings. The number of halogens is 1. The highest BCUT2D eigenvalue weighted by Gasteiger charge is 2.28. The molecule has 1 nitrogen and oxygen atoms in total. The van der Waals surface area contributed by atoms with Crippen molar-refractivity contribution in [3.63, 3.8) is 0 Å². The highest BCUT2D eigenvalue weighted by molar-refractivity contribution is 5.82. The Kier molecular flexibility index (Phi) is 1.57. The zero-order valence-electron chi connectivity index (χ0n) is 7.70. The first kappa shape index (κ1) is 7.92. The van der Waals surface area contributed by atoms with E-state index in [2.05, 4.69) is 4.98 Å². The van der Waals surface area contributed by atoms with E-state index < -0.39 is 0 Å². The van der Waals surface area contributed by atoms with Crippen molar-refractivity contribution in [2.24, 2.45) is 0 Å². The number of pyridine rings is 1. The van der Waals surface area contributed by atoms with Crippen molar-refractivity contribution in [3.8, 4) is 0 Å². The van der Waals surface area contributed by atoms with Crippen LogP contribution in [0.1, 0.15) is 24.5 Å². The third-order valence-electron chi connectivity index (χ3n) is 2.73. The van der Waals surface area contributed by atoms with Crippen molar-refractivity contribution in [3.05, 3.63) is 42.0 Å². The SMILES string of the molecule is Fc1c(C2CC2)ncc2ccccc12. The lowest BCUT2D eigenvalue weighted by Crippen LogP contribution is -1.93. The summed E-state index contributed by atoms with van der Waals surface area (Å²) < 4.78 is 13.9. The lowest BCUT2D eigenvalue weighted by atomic mass is 10.1. The quantitative estimate of drug-likeness (QED) is 0.667. The predicted octanol–water partition coefficient (Wildman–Crippen LogP) is 3.25. The zero-order valence-corrected chi connectivity index (χ0v) is 7.70. The van der Waals surface area contributed by atoms with E-state index in [1.807, 2.05) is 24.3 Å². The average molecular weight is 187 g/mol. The lowest BCUT2D eigenvalue weighted by Gasteiger charge is -2.03. The molecule has 0 N–H and O–H groups in total. The molecular weight excluding hydrogens is 177 g/mol. The van der Waals surface area contributed by atoms with Crippen LogP contribution in [0.4, 0.5) is 4.39 Å². The lowest BCUT2D eigenvalue weighted by molar-refractivity contribution is 0.613. The molecule has 0 unspecified atom stereocenters. The average Bonchev–Trinajstić information content (AvgIpc) is 3.03. The summed E-state index contributed by atoms with van der Waals surface area (Å²) in [6.45, 7) is 0. The van der Waals surface area contributed by atoms with Gasteiger partial charge in [0.2, 0.25) is 0 Å². The maximum absolute atomic E-state index is 13.9. The van der Waals surface area contributed by atoms with Gasteiger partial charge in [0.1, 0.15) is 0 Å². The van der Waals surface area contributed by atoms with Gasteiger partial charge in [-0.2, -0.15) is 0 Å². The Morgan fingerprint density at radius 1 is 1.21 bits per heavy atom. The number of hydrogen-bond donors (Lipinski definition) is 0. The molecule has 1 fully saturated rings. The fourth-order valence-corrected chi connectivity index (χ4v) is 1.78. The standard InChI is InChI=1S/C12H10FN/c13-11-10-4-2-1-3-9(10)7-14-12(11)8-5-6-8/h1-4,7-8H,5-6H2. The van der Waals surface area contributed by atoms with Crippen LogP contribution in [0.15, 0.2) is 30.5 Å². The molecule has 0 radical (unpaired) electrons. The molecule has 2 heteroatoms. The van der Waals surface area contributed by atoms with Crippen molar-refractivity contribution in [1.82, 2.24) is 4.98 Å². The van der Waals surface area contributed by atoms with Gasteiger partial charge >= 0.3 is 0 Å². The Balaban J connectivity index is 2.30. The van der Waals surface area contributed by atoms with Gasteiger partial charge in [-0.25, -0.2) is 4.39 Å². The molecule has 0 amide bonds. The largest absolute Gasteiger partial charge is 0.257 e. The molecule has 14 heavy (non-hydrogen) atoms. The second kappa shape index (κ2) is 2.77. The second-order valence-corrected chi connectivity index (χ2v) is 3.82. The van der Waals surface area contributed by atoms with E-state index >= 15 is 0 Å². The van der Waals surface area contributed by atoms with Crippen LogP contribution in [0.5, 0.6) is 0 Å². The van der Waals surface area contributed by atoms with E-state index in [9.17, 15) is 4.39 Å². The fraction of sp³-hybridized carbons (Fsp3) is 0.250. The molecule has 0 bridgehead atoms. The maximum atomic E-state index is 13.9. The van der Waals surface area contributed by atoms with Crippen LogP contribution in [0.3, 0.4) is 0 Å². The second-order valence-electron chi connectivity index (χ2n) is 3.82. The number of hydrogen-bond acceptors (Lipinski definition) is 1. The van der Waals surface area contributed by atoms with Gasteiger partial charge in [-0.3, -0.25) is 4.98 Å². The number of nitrogens with zero attached hydrogens (tertiary/aromatic N) is 1. The molecule has 0 spiro atoms. The van der Waals surface area contributed by atoms with E-state index in [4.69, 9.17) is 0 Å². The first-order valence-electron chi connectivity index (χ1n) is 4.89. The van der Waals surface area contributed by atoms with E-state index in [1.165, 1.54) is 0 Å². The summed E-state index contributed by atoms with van der Waals surface area (Å²) >= 11 is 0. The molecule has 2 aromatic rings. The molecule has 1 aromatic heterocycles. The summed E-state index contributed by atoms with van der Waals surface area (Å²) in [4.78, 5) is 4.19. The minimum atomic E-state index is -0.120. The number of aromatic nitrogens is 1. The van der Waals surface area contributed by atoms with Crippen molar-refractivity contribution in [1.29, 1.82) is 0 Å². The topological polar surface area (TPSA) is 12.9 Å². The summed E-state index contributed by atoms with van der Waals surface area (Å²) in [7, 11) is 0. The van der Waals surface area contributed by atoms with Crippen LogP contribution in [0.25, 0.3) is 10.8 Å². The summed E-state index contributed by atoms with van der Waals surface area (Å²) in [6, 6.07) is 7.47. The first-order chi connectivity index (χ1) is 6.86. The van der Waals surface area contributed by atoms with Crippen LogP contribution < -0.4 is 0 Å². The molecule has 1 aliphatic carbocycles. The van der Waals surface area contributed by atoms with Gasteiger partial charge in [-0.15, -0.1) is 0 Å². The number of fused-ring (bicyclic) bond motifs is 1. The van der Waals surface area contributed by atoms with Crippen molar-refractivity contribution < 1.29 is 4.39 Å². The Morgan fingerprint density at radius 2 is 2.00 bits per heavy atom. The van der Waals surface area contributed by atoms with Crippen LogP contribution in [-0.2, 0) is 0 Å². The zero-order chi connectivity index (χ0) is 9.54. The predicted molar refractivity (Wildman–Crippen MR) is 53.7 cm³/mol. The van der Waals surface area contributed by atoms with Gasteiger partial charge in [0.05, 0.1) is 5.69 Å². The van der Waals surface area contributed by atoms with E-state index in [0.29, 0.717) is 17.0 Å². The van der Waals surface area contributed by atoms with Crippen LogP contribution in [-0.4, -0.2) is 4.98 Å². The Hall–Kier alpha value is -1.44. The molecule has 3 rings (SSSR count). The van der Waals surface area contributed by atoms with Gasteiger partial charge < -0.3 is 0 Å².